The molecule has 3 atom stereocenters. The molecule has 0 nitrogen and oxygen atoms in total. The number of hydrogen-bond donors (Lipinski definition) is 0. The van der Waals surface area contributed by atoms with Crippen LogP contribution in [0.4, 0.5) is 13.2 Å². The molecule has 0 N–H and O–H groups in total. The maximum atomic E-state index is 14.9. The summed E-state index contributed by atoms with van der Waals surface area (Å²) in [5.74, 6) is -1.61. The maximum absolute atomic E-state index is 14.9. The van der Waals surface area contributed by atoms with E-state index in [4.69, 9.17) is 0 Å². The molecule has 0 bridgehead atoms. The number of halogens is 3. The lowest BCUT2D eigenvalue weighted by molar-refractivity contribution is -0.142. The third-order valence-corrected chi connectivity index (χ3v) is 7.69. The number of rotatable bonds is 3. The summed E-state index contributed by atoms with van der Waals surface area (Å²) < 4.78 is 43.8. The maximum Gasteiger partial charge on any atom is 0.253 e. The van der Waals surface area contributed by atoms with E-state index in [1.54, 1.807) is 0 Å². The van der Waals surface area contributed by atoms with Crippen LogP contribution >= 0.6 is 0 Å². The van der Waals surface area contributed by atoms with Gasteiger partial charge in [0.15, 0.2) is 0 Å². The molecule has 3 heteroatoms. The second kappa shape index (κ2) is 7.58. The fraction of sp³-hybridized carbons (Fsp3) is 1.00. The van der Waals surface area contributed by atoms with Crippen LogP contribution in [0.15, 0.2) is 0 Å². The molecule has 140 valence electrons. The molecule has 3 saturated carbocycles. The fourth-order valence-electron chi connectivity index (χ4n) is 5.68. The highest BCUT2D eigenvalue weighted by molar-refractivity contribution is 4.93. The summed E-state index contributed by atoms with van der Waals surface area (Å²) in [6.45, 7) is 4.19. The summed E-state index contributed by atoms with van der Waals surface area (Å²) in [5.41, 5.74) is 0. The van der Waals surface area contributed by atoms with Gasteiger partial charge in [-0.15, -0.1) is 0 Å². The summed E-state index contributed by atoms with van der Waals surface area (Å²) in [7, 11) is 0. The molecule has 0 spiro atoms. The van der Waals surface area contributed by atoms with Crippen molar-refractivity contribution in [1.82, 2.24) is 0 Å². The summed E-state index contributed by atoms with van der Waals surface area (Å²) in [4.78, 5) is 0. The largest absolute Gasteiger partial charge is 0.253 e. The van der Waals surface area contributed by atoms with Crippen LogP contribution in [0.5, 0.6) is 0 Å². The van der Waals surface area contributed by atoms with Crippen molar-refractivity contribution in [2.24, 2.45) is 35.5 Å². The van der Waals surface area contributed by atoms with Gasteiger partial charge in [-0.1, -0.05) is 26.7 Å². The molecule has 0 aliphatic heterocycles. The van der Waals surface area contributed by atoms with E-state index >= 15 is 0 Å². The van der Waals surface area contributed by atoms with Gasteiger partial charge >= 0.3 is 0 Å². The topological polar surface area (TPSA) is 0 Å². The molecule has 3 rings (SSSR count). The normalized spacial score (nSPS) is 45.1. The van der Waals surface area contributed by atoms with Gasteiger partial charge in [0, 0.05) is 11.8 Å². The van der Waals surface area contributed by atoms with Gasteiger partial charge in [-0.2, -0.15) is 0 Å². The average Bonchev–Trinajstić information content (AvgIpc) is 2.58. The molecule has 3 aliphatic carbocycles. The van der Waals surface area contributed by atoms with Gasteiger partial charge in [0.2, 0.25) is 0 Å². The first-order chi connectivity index (χ1) is 11.4. The van der Waals surface area contributed by atoms with Crippen molar-refractivity contribution in [2.75, 3.05) is 0 Å². The van der Waals surface area contributed by atoms with E-state index in [-0.39, 0.29) is 12.3 Å². The van der Waals surface area contributed by atoms with Crippen LogP contribution in [-0.2, 0) is 0 Å². The minimum atomic E-state index is -2.66. The predicted molar refractivity (Wildman–Crippen MR) is 92.9 cm³/mol. The third-order valence-electron chi connectivity index (χ3n) is 7.69. The van der Waals surface area contributed by atoms with Gasteiger partial charge in [0.05, 0.1) is 0 Å². The van der Waals surface area contributed by atoms with Crippen molar-refractivity contribution in [3.63, 3.8) is 0 Å². The molecule has 0 radical (unpaired) electrons. The van der Waals surface area contributed by atoms with Crippen LogP contribution in [0.2, 0.25) is 0 Å². The van der Waals surface area contributed by atoms with Gasteiger partial charge in [-0.05, 0) is 81.5 Å². The second-order valence-corrected chi connectivity index (χ2v) is 9.31. The van der Waals surface area contributed by atoms with Gasteiger partial charge in [0.25, 0.3) is 5.92 Å². The van der Waals surface area contributed by atoms with Crippen LogP contribution in [0, 0.1) is 35.5 Å². The molecule has 0 aromatic carbocycles. The van der Waals surface area contributed by atoms with Crippen LogP contribution in [0.3, 0.4) is 0 Å². The molecule has 0 amide bonds. The quantitative estimate of drug-likeness (QED) is 0.515. The fourth-order valence-corrected chi connectivity index (χ4v) is 5.68. The molecule has 0 saturated heterocycles. The Morgan fingerprint density at radius 1 is 0.667 bits per heavy atom. The van der Waals surface area contributed by atoms with E-state index in [1.807, 2.05) is 6.92 Å². The predicted octanol–water partition coefficient (Wildman–Crippen LogP) is 7.03. The summed E-state index contributed by atoms with van der Waals surface area (Å²) in [6.07, 6.45) is 8.68. The minimum absolute atomic E-state index is 0.0403. The molecule has 3 fully saturated rings. The lowest BCUT2D eigenvalue weighted by Crippen LogP contribution is -2.43. The number of alkyl halides is 3. The Morgan fingerprint density at radius 3 is 1.71 bits per heavy atom. The van der Waals surface area contributed by atoms with Crippen LogP contribution in [0.25, 0.3) is 0 Å². The first-order valence-corrected chi connectivity index (χ1v) is 10.4. The molecular formula is C21H35F3. The van der Waals surface area contributed by atoms with E-state index in [0.717, 1.165) is 24.7 Å². The standard InChI is InChI=1S/C21H35F3/c1-14-3-6-16(7-4-14)17-8-11-18(12-9-17)21(23,24)19-10-5-15(2)20(22)13-19/h14-20H,3-13H2,1-2H3. The van der Waals surface area contributed by atoms with E-state index < -0.39 is 23.9 Å². The van der Waals surface area contributed by atoms with Crippen molar-refractivity contribution in [2.45, 2.75) is 96.6 Å². The lowest BCUT2D eigenvalue weighted by atomic mass is 9.66. The van der Waals surface area contributed by atoms with E-state index in [1.165, 1.54) is 25.7 Å². The number of hydrogen-bond acceptors (Lipinski definition) is 0. The minimum Gasteiger partial charge on any atom is -0.247 e. The molecule has 0 aromatic heterocycles. The van der Waals surface area contributed by atoms with Crippen molar-refractivity contribution in [3.8, 4) is 0 Å². The van der Waals surface area contributed by atoms with Crippen molar-refractivity contribution in [1.29, 1.82) is 0 Å². The Balaban J connectivity index is 1.52. The van der Waals surface area contributed by atoms with E-state index in [9.17, 15) is 13.2 Å². The van der Waals surface area contributed by atoms with Crippen molar-refractivity contribution in [3.05, 3.63) is 0 Å². The molecule has 3 aliphatic rings. The van der Waals surface area contributed by atoms with Crippen molar-refractivity contribution < 1.29 is 13.2 Å². The SMILES string of the molecule is CC1CCC(C2CCC(C(F)(F)C3CCC(C)C(F)C3)CC2)CC1. The molecule has 3 unspecified atom stereocenters. The molecular weight excluding hydrogens is 309 g/mol. The molecule has 0 aromatic rings. The Labute approximate surface area is 146 Å². The zero-order valence-corrected chi connectivity index (χ0v) is 15.5. The smallest absolute Gasteiger partial charge is 0.247 e. The van der Waals surface area contributed by atoms with E-state index in [2.05, 4.69) is 6.92 Å². The first kappa shape index (κ1) is 18.6. The van der Waals surface area contributed by atoms with Gasteiger partial charge in [-0.25, -0.2) is 13.2 Å². The van der Waals surface area contributed by atoms with Crippen LogP contribution in [0.1, 0.15) is 84.5 Å². The van der Waals surface area contributed by atoms with Gasteiger partial charge in [0.1, 0.15) is 6.17 Å². The Bertz CT molecular complexity index is 392. The summed E-state index contributed by atoms with van der Waals surface area (Å²) in [5, 5.41) is 0. The lowest BCUT2D eigenvalue weighted by Gasteiger charge is -2.43. The summed E-state index contributed by atoms with van der Waals surface area (Å²) >= 11 is 0. The molecule has 24 heavy (non-hydrogen) atoms. The Morgan fingerprint density at radius 2 is 1.17 bits per heavy atom. The monoisotopic (exact) mass is 344 g/mol. The van der Waals surface area contributed by atoms with Crippen LogP contribution in [-0.4, -0.2) is 12.1 Å². The zero-order chi connectivity index (χ0) is 17.3. The van der Waals surface area contributed by atoms with E-state index in [0.29, 0.717) is 31.6 Å². The summed E-state index contributed by atoms with van der Waals surface area (Å²) in [6, 6.07) is 0. The second-order valence-electron chi connectivity index (χ2n) is 9.31. The van der Waals surface area contributed by atoms with Crippen molar-refractivity contribution >= 4 is 0 Å². The highest BCUT2D eigenvalue weighted by atomic mass is 19.3. The first-order valence-electron chi connectivity index (χ1n) is 10.4. The third kappa shape index (κ3) is 3.96. The highest BCUT2D eigenvalue weighted by Gasteiger charge is 2.50. The zero-order valence-electron chi connectivity index (χ0n) is 15.5. The Hall–Kier alpha value is -0.210. The average molecular weight is 345 g/mol. The molecule has 0 heterocycles. The van der Waals surface area contributed by atoms with Gasteiger partial charge < -0.3 is 0 Å². The Kier molecular flexibility index (Phi) is 5.87. The highest BCUT2D eigenvalue weighted by Crippen LogP contribution is 2.50. The van der Waals surface area contributed by atoms with Gasteiger partial charge in [-0.3, -0.25) is 0 Å². The van der Waals surface area contributed by atoms with Crippen LogP contribution < -0.4 is 0 Å².